The average Bonchev–Trinajstić information content (AvgIpc) is 3.10. The summed E-state index contributed by atoms with van der Waals surface area (Å²) in [7, 11) is -3.55. The van der Waals surface area contributed by atoms with E-state index >= 15 is 0 Å². The Labute approximate surface area is 183 Å². The minimum absolute atomic E-state index is 0.327. The third-order valence-corrected chi connectivity index (χ3v) is 6.91. The van der Waals surface area contributed by atoms with E-state index in [4.69, 9.17) is 4.98 Å². The van der Waals surface area contributed by atoms with Gasteiger partial charge >= 0.3 is 0 Å². The minimum atomic E-state index is -3.55. The zero-order valence-corrected chi connectivity index (χ0v) is 18.8. The third kappa shape index (κ3) is 4.52. The molecule has 4 rings (SSSR count). The van der Waals surface area contributed by atoms with Gasteiger partial charge in [-0.15, -0.1) is 0 Å². The first kappa shape index (κ1) is 21.2. The average molecular weight is 435 g/mol. The van der Waals surface area contributed by atoms with Crippen molar-refractivity contribution in [3.05, 3.63) is 77.5 Å². The number of aromatic nitrogens is 3. The molecule has 31 heavy (non-hydrogen) atoms. The van der Waals surface area contributed by atoms with Gasteiger partial charge in [-0.25, -0.2) is 23.1 Å². The number of imidazole rings is 1. The molecule has 2 aromatic heterocycles. The Morgan fingerprint density at radius 3 is 2.45 bits per heavy atom. The summed E-state index contributed by atoms with van der Waals surface area (Å²) >= 11 is 0. The number of nitrogens with zero attached hydrogens (tertiary/aromatic N) is 3. The predicted molar refractivity (Wildman–Crippen MR) is 123 cm³/mol. The fourth-order valence-corrected chi connectivity index (χ4v) is 5.01. The normalized spacial score (nSPS) is 11.8. The van der Waals surface area contributed by atoms with Crippen LogP contribution in [0, 0.1) is 20.8 Å². The van der Waals surface area contributed by atoms with Gasteiger partial charge < -0.3 is 4.57 Å². The van der Waals surface area contributed by atoms with Crippen LogP contribution in [-0.2, 0) is 16.6 Å². The van der Waals surface area contributed by atoms with Gasteiger partial charge in [0.15, 0.2) is 5.65 Å². The van der Waals surface area contributed by atoms with Crippen molar-refractivity contribution in [3.63, 3.8) is 0 Å². The van der Waals surface area contributed by atoms with Crippen LogP contribution < -0.4 is 4.72 Å². The zero-order chi connectivity index (χ0) is 22.0. The van der Waals surface area contributed by atoms with Crippen molar-refractivity contribution >= 4 is 21.2 Å². The Bertz CT molecular complexity index is 1330. The van der Waals surface area contributed by atoms with Crippen molar-refractivity contribution in [2.45, 2.75) is 38.6 Å². The largest absolute Gasteiger partial charge is 0.309 e. The highest BCUT2D eigenvalue weighted by Crippen LogP contribution is 2.24. The number of rotatable bonds is 7. The van der Waals surface area contributed by atoms with Crippen molar-refractivity contribution in [2.75, 3.05) is 6.54 Å². The van der Waals surface area contributed by atoms with Crippen molar-refractivity contribution in [2.24, 2.45) is 0 Å². The molecule has 0 atom stereocenters. The topological polar surface area (TPSA) is 76.9 Å². The second-order valence-electron chi connectivity index (χ2n) is 7.82. The molecule has 1 N–H and O–H groups in total. The number of hydrogen-bond acceptors (Lipinski definition) is 4. The summed E-state index contributed by atoms with van der Waals surface area (Å²) in [5.74, 6) is 0.839. The highest BCUT2D eigenvalue weighted by molar-refractivity contribution is 7.89. The van der Waals surface area contributed by atoms with Crippen LogP contribution in [0.4, 0.5) is 0 Å². The summed E-state index contributed by atoms with van der Waals surface area (Å²) in [6.45, 7) is 6.75. The van der Waals surface area contributed by atoms with E-state index in [0.29, 0.717) is 24.4 Å². The second kappa shape index (κ2) is 8.61. The Kier molecular flexibility index (Phi) is 5.89. The number of nitrogens with one attached hydrogen (secondary N) is 1. The van der Waals surface area contributed by atoms with Crippen LogP contribution >= 0.6 is 0 Å². The van der Waals surface area contributed by atoms with Gasteiger partial charge in [0.25, 0.3) is 0 Å². The van der Waals surface area contributed by atoms with E-state index in [-0.39, 0.29) is 0 Å². The highest BCUT2D eigenvalue weighted by Gasteiger charge is 2.17. The molecule has 0 saturated carbocycles. The lowest BCUT2D eigenvalue weighted by atomic mass is 10.1. The van der Waals surface area contributed by atoms with E-state index in [1.165, 1.54) is 5.56 Å². The molecule has 0 spiro atoms. The Hall–Kier alpha value is -3.03. The molecule has 0 amide bonds. The molecule has 0 bridgehead atoms. The zero-order valence-electron chi connectivity index (χ0n) is 18.0. The van der Waals surface area contributed by atoms with E-state index in [9.17, 15) is 8.42 Å². The fraction of sp³-hybridized carbons (Fsp3) is 0.250. The molecule has 2 aromatic carbocycles. The molecule has 0 saturated heterocycles. The molecular formula is C24H26N4O2S. The molecule has 0 aliphatic heterocycles. The highest BCUT2D eigenvalue weighted by atomic mass is 32.2. The van der Waals surface area contributed by atoms with Crippen LogP contribution in [0.25, 0.3) is 22.6 Å². The number of hydrogen-bond donors (Lipinski definition) is 1. The molecule has 4 aromatic rings. The van der Waals surface area contributed by atoms with E-state index in [1.54, 1.807) is 12.3 Å². The van der Waals surface area contributed by atoms with Crippen molar-refractivity contribution < 1.29 is 8.42 Å². The quantitative estimate of drug-likeness (QED) is 0.438. The van der Waals surface area contributed by atoms with Crippen molar-refractivity contribution in [1.29, 1.82) is 0 Å². The summed E-state index contributed by atoms with van der Waals surface area (Å²) in [6, 6.07) is 17.4. The first-order valence-electron chi connectivity index (χ1n) is 10.3. The Morgan fingerprint density at radius 1 is 0.968 bits per heavy atom. The van der Waals surface area contributed by atoms with Crippen molar-refractivity contribution in [3.8, 4) is 11.4 Å². The Balaban J connectivity index is 1.53. The maximum atomic E-state index is 12.7. The van der Waals surface area contributed by atoms with Gasteiger partial charge in [0.1, 0.15) is 11.3 Å². The maximum absolute atomic E-state index is 12.7. The first-order chi connectivity index (χ1) is 14.8. The van der Waals surface area contributed by atoms with Gasteiger partial charge in [0.05, 0.1) is 4.90 Å². The lowest BCUT2D eigenvalue weighted by Gasteiger charge is -2.12. The minimum Gasteiger partial charge on any atom is -0.309 e. The molecule has 2 heterocycles. The van der Waals surface area contributed by atoms with E-state index < -0.39 is 10.0 Å². The molecule has 0 fully saturated rings. The van der Waals surface area contributed by atoms with Crippen LogP contribution in [0.2, 0.25) is 0 Å². The van der Waals surface area contributed by atoms with Gasteiger partial charge in [0.2, 0.25) is 10.0 Å². The number of sulfonamides is 1. The summed E-state index contributed by atoms with van der Waals surface area (Å²) in [4.78, 5) is 9.60. The van der Waals surface area contributed by atoms with Crippen molar-refractivity contribution in [1.82, 2.24) is 19.3 Å². The lowest BCUT2D eigenvalue weighted by molar-refractivity contribution is 0.571. The van der Waals surface area contributed by atoms with E-state index in [0.717, 1.165) is 33.7 Å². The second-order valence-corrected chi connectivity index (χ2v) is 9.55. The molecule has 7 heteroatoms. The molecule has 0 radical (unpaired) electrons. The summed E-state index contributed by atoms with van der Waals surface area (Å²) < 4.78 is 30.2. The maximum Gasteiger partial charge on any atom is 0.240 e. The van der Waals surface area contributed by atoms with E-state index in [1.807, 2.05) is 38.1 Å². The van der Waals surface area contributed by atoms with Crippen LogP contribution in [0.1, 0.15) is 23.1 Å². The molecular weight excluding hydrogens is 408 g/mol. The lowest BCUT2D eigenvalue weighted by Crippen LogP contribution is -2.26. The van der Waals surface area contributed by atoms with Crippen LogP contribution in [0.3, 0.4) is 0 Å². The number of fused-ring (bicyclic) bond motifs is 1. The van der Waals surface area contributed by atoms with Gasteiger partial charge in [-0.2, -0.15) is 0 Å². The van der Waals surface area contributed by atoms with Crippen LogP contribution in [-0.4, -0.2) is 29.5 Å². The van der Waals surface area contributed by atoms with Gasteiger partial charge in [-0.1, -0.05) is 47.5 Å². The fourth-order valence-electron chi connectivity index (χ4n) is 3.72. The third-order valence-electron chi connectivity index (χ3n) is 5.28. The SMILES string of the molecule is Cc1ccc(-c2nc3cccnc3n2CCCNS(=O)(=O)c2ccc(C)cc2C)cc1. The molecule has 160 valence electrons. The van der Waals surface area contributed by atoms with Crippen LogP contribution in [0.5, 0.6) is 0 Å². The van der Waals surface area contributed by atoms with E-state index in [2.05, 4.69) is 45.5 Å². The number of aryl methyl sites for hydroxylation is 4. The Morgan fingerprint density at radius 2 is 1.71 bits per heavy atom. The molecule has 0 aliphatic rings. The summed E-state index contributed by atoms with van der Waals surface area (Å²) in [6.07, 6.45) is 2.37. The molecule has 6 nitrogen and oxygen atoms in total. The monoisotopic (exact) mass is 434 g/mol. The van der Waals surface area contributed by atoms with Crippen LogP contribution in [0.15, 0.2) is 65.7 Å². The van der Waals surface area contributed by atoms with Gasteiger partial charge in [-0.3, -0.25) is 0 Å². The van der Waals surface area contributed by atoms with Gasteiger partial charge in [-0.05, 0) is 51.0 Å². The summed E-state index contributed by atoms with van der Waals surface area (Å²) in [5, 5.41) is 0. The smallest absolute Gasteiger partial charge is 0.240 e. The standard InChI is InChI=1S/C24H26N4O2S/c1-17-7-10-20(11-8-17)23-27-21-6-4-13-25-24(21)28(23)15-5-14-26-31(29,30)22-12-9-18(2)16-19(22)3/h4,6-13,16,26H,5,14-15H2,1-3H3. The van der Waals surface area contributed by atoms with Gasteiger partial charge in [0, 0.05) is 24.8 Å². The first-order valence-corrected chi connectivity index (χ1v) is 11.8. The molecule has 0 unspecified atom stereocenters. The number of benzene rings is 2. The summed E-state index contributed by atoms with van der Waals surface area (Å²) in [5.41, 5.74) is 5.62. The number of pyridine rings is 1. The predicted octanol–water partition coefficient (Wildman–Crippen LogP) is 4.39. The molecule has 0 aliphatic carbocycles.